The minimum atomic E-state index is -4.39. The van der Waals surface area contributed by atoms with Gasteiger partial charge in [0.1, 0.15) is 6.61 Å². The van der Waals surface area contributed by atoms with Gasteiger partial charge < -0.3 is 14.6 Å². The minimum absolute atomic E-state index is 0.159. The lowest BCUT2D eigenvalue weighted by Gasteiger charge is -2.51. The molecule has 2 fully saturated rings. The number of nitrogens with zero attached hydrogens (tertiary/aromatic N) is 1. The van der Waals surface area contributed by atoms with Crippen LogP contribution in [-0.4, -0.2) is 47.0 Å². The first kappa shape index (κ1) is 21.6. The number of piperidine rings is 1. The number of morpholine rings is 1. The highest BCUT2D eigenvalue weighted by Crippen LogP contribution is 2.37. The summed E-state index contributed by atoms with van der Waals surface area (Å²) in [7, 11) is 0. The summed E-state index contributed by atoms with van der Waals surface area (Å²) in [4.78, 5) is 14.4. The maximum atomic E-state index is 12.8. The fourth-order valence-electron chi connectivity index (χ4n) is 4.50. The van der Waals surface area contributed by atoms with Crippen molar-refractivity contribution in [1.82, 2.24) is 4.90 Å². The number of ether oxygens (including phenoxy) is 2. The summed E-state index contributed by atoms with van der Waals surface area (Å²) in [6, 6.07) is 13.5. The van der Waals surface area contributed by atoms with Crippen LogP contribution in [0.5, 0.6) is 0 Å². The Morgan fingerprint density at radius 3 is 2.23 bits per heavy atom. The van der Waals surface area contributed by atoms with Crippen molar-refractivity contribution in [2.75, 3.05) is 13.2 Å². The van der Waals surface area contributed by atoms with E-state index >= 15 is 0 Å². The molecule has 0 radical (unpaired) electrons. The molecule has 2 aromatic carbocycles. The van der Waals surface area contributed by atoms with Crippen molar-refractivity contribution < 1.29 is 32.5 Å². The predicted octanol–water partition coefficient (Wildman–Crippen LogP) is 4.18. The fraction of sp³-hybridized carbons (Fsp3) is 0.435. The largest absolute Gasteiger partial charge is 0.445 e. The monoisotopic (exact) mass is 435 g/mol. The zero-order valence-electron chi connectivity index (χ0n) is 16.8. The summed E-state index contributed by atoms with van der Waals surface area (Å²) in [5.74, 6) is 0. The lowest BCUT2D eigenvalue weighted by Crippen LogP contribution is -2.64. The molecule has 2 aromatic rings. The Labute approximate surface area is 178 Å². The van der Waals surface area contributed by atoms with Gasteiger partial charge in [0.25, 0.3) is 0 Å². The number of hydrogen-bond acceptors (Lipinski definition) is 4. The topological polar surface area (TPSA) is 59.0 Å². The van der Waals surface area contributed by atoms with Gasteiger partial charge in [-0.15, -0.1) is 0 Å². The number of carbonyl (C=O) groups excluding carboxylic acids is 1. The van der Waals surface area contributed by atoms with E-state index in [1.807, 2.05) is 30.3 Å². The summed E-state index contributed by atoms with van der Waals surface area (Å²) in [6.07, 6.45) is -4.09. The van der Waals surface area contributed by atoms with Crippen molar-refractivity contribution in [2.45, 2.75) is 49.7 Å². The molecule has 2 bridgehead atoms. The SMILES string of the molecule is O=C(OCc1ccccc1)N1C2COCC1CC(O)(Cc1ccc(C(F)(F)F)cc1)C2. The number of benzene rings is 2. The second-order valence-corrected chi connectivity index (χ2v) is 8.30. The van der Waals surface area contributed by atoms with E-state index in [1.165, 1.54) is 12.1 Å². The summed E-state index contributed by atoms with van der Waals surface area (Å²) >= 11 is 0. The Morgan fingerprint density at radius 1 is 1.03 bits per heavy atom. The standard InChI is InChI=1S/C23H24F3NO4/c24-23(25,26)18-8-6-16(7-9-18)10-22(29)11-19-14-30-15-20(12-22)27(19)21(28)31-13-17-4-2-1-3-5-17/h1-9,19-20,29H,10-15H2. The Bertz CT molecular complexity index is 887. The van der Waals surface area contributed by atoms with E-state index in [0.717, 1.165) is 17.7 Å². The Hall–Kier alpha value is -2.58. The number of rotatable bonds is 4. The first-order chi connectivity index (χ1) is 14.7. The van der Waals surface area contributed by atoms with Gasteiger partial charge in [0.2, 0.25) is 0 Å². The van der Waals surface area contributed by atoms with Crippen molar-refractivity contribution in [1.29, 1.82) is 0 Å². The van der Waals surface area contributed by atoms with E-state index in [0.29, 0.717) is 5.56 Å². The Morgan fingerprint density at radius 2 is 1.65 bits per heavy atom. The maximum absolute atomic E-state index is 12.8. The molecule has 2 aliphatic heterocycles. The number of carbonyl (C=O) groups is 1. The van der Waals surface area contributed by atoms with E-state index in [-0.39, 0.29) is 51.2 Å². The van der Waals surface area contributed by atoms with Gasteiger partial charge in [0, 0.05) is 6.42 Å². The van der Waals surface area contributed by atoms with Crippen LogP contribution in [0.4, 0.5) is 18.0 Å². The Kier molecular flexibility index (Phi) is 5.94. The van der Waals surface area contributed by atoms with Crippen LogP contribution >= 0.6 is 0 Å². The average molecular weight is 435 g/mol. The normalized spacial score (nSPS) is 25.9. The molecule has 2 saturated heterocycles. The number of alkyl halides is 3. The van der Waals surface area contributed by atoms with Crippen molar-refractivity contribution in [3.8, 4) is 0 Å². The van der Waals surface area contributed by atoms with Gasteiger partial charge in [-0.2, -0.15) is 13.2 Å². The van der Waals surface area contributed by atoms with E-state index in [4.69, 9.17) is 9.47 Å². The molecule has 31 heavy (non-hydrogen) atoms. The van der Waals surface area contributed by atoms with Crippen LogP contribution < -0.4 is 0 Å². The highest BCUT2D eigenvalue weighted by molar-refractivity contribution is 5.69. The van der Waals surface area contributed by atoms with Gasteiger partial charge in [0.05, 0.1) is 36.5 Å². The number of halogens is 3. The molecule has 8 heteroatoms. The molecule has 0 aromatic heterocycles. The van der Waals surface area contributed by atoms with Gasteiger partial charge in [-0.1, -0.05) is 42.5 Å². The molecule has 1 amide bonds. The highest BCUT2D eigenvalue weighted by atomic mass is 19.4. The van der Waals surface area contributed by atoms with E-state index < -0.39 is 23.4 Å². The number of amides is 1. The van der Waals surface area contributed by atoms with Gasteiger partial charge in [-0.05, 0) is 36.1 Å². The van der Waals surface area contributed by atoms with Gasteiger partial charge >= 0.3 is 12.3 Å². The second-order valence-electron chi connectivity index (χ2n) is 8.30. The first-order valence-electron chi connectivity index (χ1n) is 10.2. The molecule has 1 N–H and O–H groups in total. The van der Waals surface area contributed by atoms with Crippen molar-refractivity contribution in [2.24, 2.45) is 0 Å². The van der Waals surface area contributed by atoms with E-state index in [1.54, 1.807) is 4.90 Å². The van der Waals surface area contributed by atoms with Crippen LogP contribution in [0.15, 0.2) is 54.6 Å². The van der Waals surface area contributed by atoms with Crippen LogP contribution in [0, 0.1) is 0 Å². The molecule has 2 atom stereocenters. The molecule has 5 nitrogen and oxygen atoms in total. The van der Waals surface area contributed by atoms with Gasteiger partial charge in [-0.25, -0.2) is 4.79 Å². The fourth-order valence-corrected chi connectivity index (χ4v) is 4.50. The minimum Gasteiger partial charge on any atom is -0.445 e. The first-order valence-corrected chi connectivity index (χ1v) is 10.2. The quantitative estimate of drug-likeness (QED) is 0.783. The molecule has 2 aliphatic rings. The number of hydrogen-bond donors (Lipinski definition) is 1. The van der Waals surface area contributed by atoms with Crippen LogP contribution in [0.2, 0.25) is 0 Å². The third kappa shape index (κ3) is 5.02. The molecule has 4 rings (SSSR count). The second kappa shape index (κ2) is 8.51. The molecule has 2 unspecified atom stereocenters. The van der Waals surface area contributed by atoms with E-state index in [2.05, 4.69) is 0 Å². The predicted molar refractivity (Wildman–Crippen MR) is 106 cm³/mol. The van der Waals surface area contributed by atoms with Crippen LogP contribution in [0.25, 0.3) is 0 Å². The summed E-state index contributed by atoms with van der Waals surface area (Å²) in [5.41, 5.74) is -0.345. The average Bonchev–Trinajstić information content (AvgIpc) is 2.72. The summed E-state index contributed by atoms with van der Waals surface area (Å²) in [5, 5.41) is 11.2. The lowest BCUT2D eigenvalue weighted by atomic mass is 9.77. The summed E-state index contributed by atoms with van der Waals surface area (Å²) in [6.45, 7) is 0.727. The zero-order valence-corrected chi connectivity index (χ0v) is 16.8. The zero-order chi connectivity index (χ0) is 22.1. The van der Waals surface area contributed by atoms with Gasteiger partial charge in [0.15, 0.2) is 0 Å². The lowest BCUT2D eigenvalue weighted by molar-refractivity contribution is -0.137. The molecule has 166 valence electrons. The molecular weight excluding hydrogens is 411 g/mol. The van der Waals surface area contributed by atoms with Crippen molar-refractivity contribution in [3.63, 3.8) is 0 Å². The van der Waals surface area contributed by atoms with Crippen molar-refractivity contribution in [3.05, 3.63) is 71.3 Å². The van der Waals surface area contributed by atoms with E-state index in [9.17, 15) is 23.1 Å². The van der Waals surface area contributed by atoms with Crippen LogP contribution in [0.3, 0.4) is 0 Å². The highest BCUT2D eigenvalue weighted by Gasteiger charge is 2.48. The van der Waals surface area contributed by atoms with Crippen molar-refractivity contribution >= 4 is 6.09 Å². The Balaban J connectivity index is 1.41. The smallest absolute Gasteiger partial charge is 0.416 e. The molecule has 0 aliphatic carbocycles. The third-order valence-electron chi connectivity index (χ3n) is 5.87. The molecular formula is C23H24F3NO4. The number of fused-ring (bicyclic) bond motifs is 2. The molecule has 0 spiro atoms. The van der Waals surface area contributed by atoms with Gasteiger partial charge in [-0.3, -0.25) is 4.90 Å². The maximum Gasteiger partial charge on any atom is 0.416 e. The molecule has 0 saturated carbocycles. The van der Waals surface area contributed by atoms with Crippen LogP contribution in [-0.2, 0) is 28.7 Å². The molecule has 2 heterocycles. The third-order valence-corrected chi connectivity index (χ3v) is 5.87. The van der Waals surface area contributed by atoms with Crippen LogP contribution in [0.1, 0.15) is 29.5 Å². The summed E-state index contributed by atoms with van der Waals surface area (Å²) < 4.78 is 49.4. The number of aliphatic hydroxyl groups is 1.